The van der Waals surface area contributed by atoms with E-state index in [0.717, 1.165) is 25.0 Å². The summed E-state index contributed by atoms with van der Waals surface area (Å²) < 4.78 is 25.6. The summed E-state index contributed by atoms with van der Waals surface area (Å²) in [5.74, 6) is -1.01. The van der Waals surface area contributed by atoms with E-state index >= 15 is 0 Å². The quantitative estimate of drug-likeness (QED) is 0.783. The summed E-state index contributed by atoms with van der Waals surface area (Å²) in [6, 6.07) is 6.56. The number of amides is 2. The van der Waals surface area contributed by atoms with Crippen LogP contribution in [0.25, 0.3) is 0 Å². The molecule has 2 atom stereocenters. The van der Waals surface area contributed by atoms with Gasteiger partial charge < -0.3 is 0 Å². The zero-order valence-corrected chi connectivity index (χ0v) is 17.2. The molecule has 0 aromatic heterocycles. The smallest absolute Gasteiger partial charge is 0.268 e. The molecule has 0 spiro atoms. The van der Waals surface area contributed by atoms with E-state index in [9.17, 15) is 18.0 Å². The van der Waals surface area contributed by atoms with Crippen molar-refractivity contribution in [3.63, 3.8) is 0 Å². The molecule has 0 radical (unpaired) electrons. The summed E-state index contributed by atoms with van der Waals surface area (Å²) in [6.07, 6.45) is 3.05. The van der Waals surface area contributed by atoms with Crippen LogP contribution in [0.15, 0.2) is 29.4 Å². The molecule has 150 valence electrons. The van der Waals surface area contributed by atoms with E-state index in [1.807, 2.05) is 0 Å². The molecule has 1 heterocycles. The van der Waals surface area contributed by atoms with Gasteiger partial charge in [-0.15, -0.1) is 0 Å². The molecule has 2 aliphatic carbocycles. The van der Waals surface area contributed by atoms with E-state index in [2.05, 4.69) is 31.3 Å². The van der Waals surface area contributed by atoms with Gasteiger partial charge in [-0.05, 0) is 42.2 Å². The van der Waals surface area contributed by atoms with Crippen LogP contribution in [-0.4, -0.2) is 36.8 Å². The number of carbonyl (C=O) groups is 2. The van der Waals surface area contributed by atoms with Crippen LogP contribution in [0.5, 0.6) is 0 Å². The second kappa shape index (κ2) is 6.14. The van der Waals surface area contributed by atoms with Gasteiger partial charge in [-0.3, -0.25) is 9.59 Å². The normalized spacial score (nSPS) is 31.1. The van der Waals surface area contributed by atoms with Gasteiger partial charge in [0.15, 0.2) is 0 Å². The minimum Gasteiger partial charge on any atom is -0.271 e. The molecule has 3 aliphatic rings. The van der Waals surface area contributed by atoms with Gasteiger partial charge in [0.1, 0.15) is 6.54 Å². The Hall–Kier alpha value is -2.22. The second-order valence-corrected chi connectivity index (χ2v) is 10.7. The predicted molar refractivity (Wildman–Crippen MR) is 105 cm³/mol. The summed E-state index contributed by atoms with van der Waals surface area (Å²) in [5, 5.41) is 4.34. The Morgan fingerprint density at radius 2 is 2.00 bits per heavy atom. The zero-order valence-electron chi connectivity index (χ0n) is 16.4. The molecule has 7 nitrogen and oxygen atoms in total. The number of nitrogens with one attached hydrogen (secondary N) is 1. The molecule has 1 N–H and O–H groups in total. The van der Waals surface area contributed by atoms with E-state index in [4.69, 9.17) is 0 Å². The second-order valence-electron chi connectivity index (χ2n) is 8.81. The summed E-state index contributed by atoms with van der Waals surface area (Å²) in [4.78, 5) is 25.0. The third-order valence-corrected chi connectivity index (χ3v) is 8.91. The molecule has 1 aromatic rings. The summed E-state index contributed by atoms with van der Waals surface area (Å²) in [5.41, 5.74) is 4.30. The molecule has 2 unspecified atom stereocenters. The van der Waals surface area contributed by atoms with Crippen LogP contribution in [0.1, 0.15) is 56.0 Å². The van der Waals surface area contributed by atoms with Crippen molar-refractivity contribution in [1.82, 2.24) is 9.73 Å². The molecule has 0 saturated heterocycles. The minimum atomic E-state index is -3.88. The molecule has 8 heteroatoms. The van der Waals surface area contributed by atoms with E-state index in [-0.39, 0.29) is 16.6 Å². The van der Waals surface area contributed by atoms with Gasteiger partial charge in [-0.1, -0.05) is 39.0 Å². The van der Waals surface area contributed by atoms with Crippen LogP contribution < -0.4 is 5.43 Å². The maximum atomic E-state index is 12.6. The maximum absolute atomic E-state index is 12.6. The van der Waals surface area contributed by atoms with E-state index in [1.54, 1.807) is 24.3 Å². The number of hydrazone groups is 1. The van der Waals surface area contributed by atoms with Gasteiger partial charge in [0, 0.05) is 16.7 Å². The Bertz CT molecular complexity index is 998. The van der Waals surface area contributed by atoms with Crippen LogP contribution in [0, 0.1) is 16.7 Å². The van der Waals surface area contributed by atoms with Crippen LogP contribution in [-0.2, 0) is 20.6 Å². The molecule has 2 amide bonds. The van der Waals surface area contributed by atoms with Gasteiger partial charge in [0.2, 0.25) is 10.0 Å². The fourth-order valence-electron chi connectivity index (χ4n) is 4.95. The minimum absolute atomic E-state index is 0.0586. The molecule has 4 rings (SSSR count). The van der Waals surface area contributed by atoms with Crippen molar-refractivity contribution in [2.75, 3.05) is 6.54 Å². The summed E-state index contributed by atoms with van der Waals surface area (Å²) in [6.45, 7) is 6.10. The van der Waals surface area contributed by atoms with Crippen molar-refractivity contribution in [3.8, 4) is 0 Å². The van der Waals surface area contributed by atoms with Crippen molar-refractivity contribution in [1.29, 1.82) is 0 Å². The molecule has 1 aromatic carbocycles. The van der Waals surface area contributed by atoms with Gasteiger partial charge in [-0.25, -0.2) is 18.1 Å². The standard InChI is InChI=1S/C20H25N3O4S/c1-19(2)14-8-9-20(19,3)16(10-14)21-22-17(24)11-23-18(25)15-7-5-4-6-13(15)12-28(23,26)27/h4-7,14H,8-12H2,1-3H3,(H,22,24)/b21-16+. The summed E-state index contributed by atoms with van der Waals surface area (Å²) >= 11 is 0. The number of rotatable bonds is 3. The number of nitrogens with zero attached hydrogens (tertiary/aromatic N) is 2. The van der Waals surface area contributed by atoms with E-state index < -0.39 is 28.4 Å². The fraction of sp³-hybridized carbons (Fsp3) is 0.550. The highest BCUT2D eigenvalue weighted by atomic mass is 32.2. The lowest BCUT2D eigenvalue weighted by Crippen LogP contribution is -2.46. The Labute approximate surface area is 165 Å². The van der Waals surface area contributed by atoms with Crippen LogP contribution >= 0.6 is 0 Å². The summed E-state index contributed by atoms with van der Waals surface area (Å²) in [7, 11) is -3.88. The highest BCUT2D eigenvalue weighted by Crippen LogP contribution is 2.63. The number of hydrogen-bond donors (Lipinski definition) is 1. The Balaban J connectivity index is 1.50. The lowest BCUT2D eigenvalue weighted by Gasteiger charge is -2.34. The number of carbonyl (C=O) groups excluding carboxylic acids is 2. The number of sulfonamides is 1. The molecule has 28 heavy (non-hydrogen) atoms. The van der Waals surface area contributed by atoms with Gasteiger partial charge in [-0.2, -0.15) is 5.10 Å². The molecule has 2 fully saturated rings. The van der Waals surface area contributed by atoms with Crippen LogP contribution in [0.4, 0.5) is 0 Å². The lowest BCUT2D eigenvalue weighted by molar-refractivity contribution is -0.121. The van der Waals surface area contributed by atoms with Crippen molar-refractivity contribution in [2.45, 2.75) is 45.8 Å². The molecular formula is C20H25N3O4S. The van der Waals surface area contributed by atoms with Crippen LogP contribution in [0.3, 0.4) is 0 Å². The van der Waals surface area contributed by atoms with Crippen molar-refractivity contribution < 1.29 is 18.0 Å². The highest BCUT2D eigenvalue weighted by molar-refractivity contribution is 7.89. The highest BCUT2D eigenvalue weighted by Gasteiger charge is 2.60. The largest absolute Gasteiger partial charge is 0.271 e. The average molecular weight is 404 g/mol. The third-order valence-electron chi connectivity index (χ3n) is 7.26. The first-order valence-corrected chi connectivity index (χ1v) is 11.2. The lowest BCUT2D eigenvalue weighted by atomic mass is 9.70. The fourth-order valence-corrected chi connectivity index (χ4v) is 6.42. The SMILES string of the molecule is CC12CCC(C/C1=N\NC(=O)CN1C(=O)c3ccccc3CS1(=O)=O)C2(C)C. The molecule has 2 saturated carbocycles. The van der Waals surface area contributed by atoms with Crippen LogP contribution in [0.2, 0.25) is 0 Å². The molecule has 2 bridgehead atoms. The Morgan fingerprint density at radius 1 is 1.29 bits per heavy atom. The van der Waals surface area contributed by atoms with Crippen molar-refractivity contribution in [3.05, 3.63) is 35.4 Å². The number of fused-ring (bicyclic) bond motifs is 3. The Kier molecular flexibility index (Phi) is 4.19. The molecular weight excluding hydrogens is 378 g/mol. The first kappa shape index (κ1) is 19.1. The van der Waals surface area contributed by atoms with Gasteiger partial charge in [0.25, 0.3) is 11.8 Å². The van der Waals surface area contributed by atoms with Gasteiger partial charge in [0.05, 0.1) is 5.75 Å². The third kappa shape index (κ3) is 2.69. The van der Waals surface area contributed by atoms with Crippen molar-refractivity contribution in [2.24, 2.45) is 21.8 Å². The zero-order chi connectivity index (χ0) is 20.3. The number of hydrogen-bond acceptors (Lipinski definition) is 5. The van der Waals surface area contributed by atoms with Crippen molar-refractivity contribution >= 4 is 27.5 Å². The first-order chi connectivity index (χ1) is 13.1. The topological polar surface area (TPSA) is 95.9 Å². The first-order valence-electron chi connectivity index (χ1n) is 9.55. The van der Waals surface area contributed by atoms with E-state index in [0.29, 0.717) is 21.4 Å². The monoisotopic (exact) mass is 403 g/mol. The maximum Gasteiger partial charge on any atom is 0.268 e. The average Bonchev–Trinajstić information content (AvgIpc) is 2.96. The van der Waals surface area contributed by atoms with Gasteiger partial charge >= 0.3 is 0 Å². The predicted octanol–water partition coefficient (Wildman–Crippen LogP) is 2.29. The Morgan fingerprint density at radius 3 is 2.64 bits per heavy atom. The number of benzene rings is 1. The molecule has 1 aliphatic heterocycles. The van der Waals surface area contributed by atoms with E-state index in [1.165, 1.54) is 0 Å².